The van der Waals surface area contributed by atoms with Crippen LogP contribution in [-0.2, 0) is 0 Å². The van der Waals surface area contributed by atoms with Crippen molar-refractivity contribution in [3.05, 3.63) is 41.4 Å². The zero-order chi connectivity index (χ0) is 13.1. The first-order valence-corrected chi connectivity index (χ1v) is 7.17. The molecular weight excluding hydrogens is 294 g/mol. The molecule has 0 saturated carbocycles. The van der Waals surface area contributed by atoms with Crippen molar-refractivity contribution in [2.45, 2.75) is 0 Å². The summed E-state index contributed by atoms with van der Waals surface area (Å²) < 4.78 is 0. The van der Waals surface area contributed by atoms with E-state index in [0.717, 1.165) is 41.6 Å². The second kappa shape index (κ2) is 6.83. The van der Waals surface area contributed by atoms with Crippen LogP contribution in [0.1, 0.15) is 9.67 Å². The number of hydrogen-bond donors (Lipinski definition) is 1. The number of carbonyl (C=O) groups is 1. The average Bonchev–Trinajstić information content (AvgIpc) is 2.98. The van der Waals surface area contributed by atoms with E-state index in [0.29, 0.717) is 0 Å². The lowest BCUT2D eigenvalue weighted by Gasteiger charge is -2.26. The van der Waals surface area contributed by atoms with Crippen LogP contribution in [0.3, 0.4) is 0 Å². The molecule has 0 radical (unpaired) electrons. The Hall–Kier alpha value is -1.43. The zero-order valence-electron chi connectivity index (χ0n) is 10.9. The van der Waals surface area contributed by atoms with Crippen molar-refractivity contribution >= 4 is 29.7 Å². The van der Waals surface area contributed by atoms with Gasteiger partial charge < -0.3 is 10.2 Å². The van der Waals surface area contributed by atoms with Gasteiger partial charge in [-0.2, -0.15) is 0 Å². The monoisotopic (exact) mass is 309 g/mol. The van der Waals surface area contributed by atoms with E-state index in [2.05, 4.69) is 10.3 Å². The Bertz CT molecular complexity index is 567. The van der Waals surface area contributed by atoms with E-state index in [9.17, 15) is 4.79 Å². The van der Waals surface area contributed by atoms with Crippen LogP contribution in [0.25, 0.3) is 10.6 Å². The van der Waals surface area contributed by atoms with Crippen molar-refractivity contribution in [1.29, 1.82) is 0 Å². The third-order valence-corrected chi connectivity index (χ3v) is 4.18. The van der Waals surface area contributed by atoms with Gasteiger partial charge in [0.2, 0.25) is 0 Å². The van der Waals surface area contributed by atoms with E-state index in [-0.39, 0.29) is 18.3 Å². The molecule has 0 aliphatic carbocycles. The summed E-state index contributed by atoms with van der Waals surface area (Å²) in [6.07, 6.45) is 1.69. The fourth-order valence-electron chi connectivity index (χ4n) is 2.11. The first-order valence-electron chi connectivity index (χ1n) is 6.36. The number of thiazole rings is 1. The topological polar surface area (TPSA) is 45.2 Å². The number of aromatic nitrogens is 1. The van der Waals surface area contributed by atoms with Gasteiger partial charge in [-0.15, -0.1) is 23.7 Å². The van der Waals surface area contributed by atoms with E-state index >= 15 is 0 Å². The Morgan fingerprint density at radius 3 is 2.60 bits per heavy atom. The first kappa shape index (κ1) is 15.0. The number of rotatable bonds is 2. The Balaban J connectivity index is 0.00000147. The number of piperazine rings is 1. The SMILES string of the molecule is Cl.O=C(c1cnc(-c2ccccc2)s1)N1CCNCC1. The molecule has 1 aromatic heterocycles. The predicted molar refractivity (Wildman–Crippen MR) is 83.6 cm³/mol. The maximum Gasteiger partial charge on any atom is 0.265 e. The van der Waals surface area contributed by atoms with Crippen LogP contribution in [0.2, 0.25) is 0 Å². The number of benzene rings is 1. The molecule has 2 aromatic rings. The fourth-order valence-corrected chi connectivity index (χ4v) is 3.00. The standard InChI is InChI=1S/C14H15N3OS.ClH/c18-14(17-8-6-15-7-9-17)12-10-16-13(19-12)11-4-2-1-3-5-11;/h1-5,10,15H,6-9H2;1H. The minimum absolute atomic E-state index is 0. The van der Waals surface area contributed by atoms with Crippen LogP contribution in [0.5, 0.6) is 0 Å². The summed E-state index contributed by atoms with van der Waals surface area (Å²) in [4.78, 5) is 19.3. The number of nitrogens with zero attached hydrogens (tertiary/aromatic N) is 2. The maximum atomic E-state index is 12.3. The number of nitrogens with one attached hydrogen (secondary N) is 1. The molecule has 0 bridgehead atoms. The number of carbonyl (C=O) groups excluding carboxylic acids is 1. The van der Waals surface area contributed by atoms with Crippen LogP contribution < -0.4 is 5.32 Å². The van der Waals surface area contributed by atoms with E-state index in [4.69, 9.17) is 0 Å². The number of halogens is 1. The second-order valence-electron chi connectivity index (χ2n) is 4.44. The van der Waals surface area contributed by atoms with Crippen LogP contribution in [-0.4, -0.2) is 42.0 Å². The van der Waals surface area contributed by atoms with Crippen molar-refractivity contribution < 1.29 is 4.79 Å². The molecule has 6 heteroatoms. The molecule has 1 aliphatic heterocycles. The molecule has 1 saturated heterocycles. The molecule has 1 aliphatic rings. The fraction of sp³-hybridized carbons (Fsp3) is 0.286. The minimum Gasteiger partial charge on any atom is -0.335 e. The summed E-state index contributed by atoms with van der Waals surface area (Å²) in [5, 5.41) is 4.15. The molecule has 20 heavy (non-hydrogen) atoms. The van der Waals surface area contributed by atoms with Gasteiger partial charge in [-0.1, -0.05) is 30.3 Å². The quantitative estimate of drug-likeness (QED) is 0.925. The summed E-state index contributed by atoms with van der Waals surface area (Å²) in [6.45, 7) is 3.29. The first-order chi connectivity index (χ1) is 9.34. The smallest absolute Gasteiger partial charge is 0.265 e. The molecule has 106 valence electrons. The molecule has 1 amide bonds. The molecule has 2 heterocycles. The highest BCUT2D eigenvalue weighted by molar-refractivity contribution is 7.16. The largest absolute Gasteiger partial charge is 0.335 e. The Kier molecular flexibility index (Phi) is 5.11. The lowest BCUT2D eigenvalue weighted by atomic mass is 10.2. The van der Waals surface area contributed by atoms with Crippen molar-refractivity contribution in [1.82, 2.24) is 15.2 Å². The third-order valence-electron chi connectivity index (χ3n) is 3.14. The van der Waals surface area contributed by atoms with Gasteiger partial charge in [0, 0.05) is 31.7 Å². The summed E-state index contributed by atoms with van der Waals surface area (Å²) in [5.74, 6) is 0.0983. The van der Waals surface area contributed by atoms with Crippen LogP contribution in [0, 0.1) is 0 Å². The van der Waals surface area contributed by atoms with E-state index in [1.807, 2.05) is 35.2 Å². The molecule has 4 nitrogen and oxygen atoms in total. The lowest BCUT2D eigenvalue weighted by molar-refractivity contribution is 0.0740. The number of hydrogen-bond acceptors (Lipinski definition) is 4. The predicted octanol–water partition coefficient (Wildman–Crippen LogP) is 2.28. The van der Waals surface area contributed by atoms with Gasteiger partial charge in [0.25, 0.3) is 5.91 Å². The Morgan fingerprint density at radius 2 is 1.90 bits per heavy atom. The van der Waals surface area contributed by atoms with Crippen LogP contribution in [0.15, 0.2) is 36.5 Å². The van der Waals surface area contributed by atoms with Crippen molar-refractivity contribution in [3.63, 3.8) is 0 Å². The molecule has 1 fully saturated rings. The van der Waals surface area contributed by atoms with Gasteiger partial charge >= 0.3 is 0 Å². The molecule has 0 atom stereocenters. The van der Waals surface area contributed by atoms with E-state index < -0.39 is 0 Å². The normalized spacial score (nSPS) is 14.7. The van der Waals surface area contributed by atoms with Crippen molar-refractivity contribution in [3.8, 4) is 10.6 Å². The van der Waals surface area contributed by atoms with E-state index in [1.54, 1.807) is 6.20 Å². The molecule has 1 aromatic carbocycles. The molecule has 0 unspecified atom stereocenters. The van der Waals surface area contributed by atoms with Gasteiger partial charge in [-0.25, -0.2) is 4.98 Å². The lowest BCUT2D eigenvalue weighted by Crippen LogP contribution is -2.46. The highest BCUT2D eigenvalue weighted by Gasteiger charge is 2.20. The number of amides is 1. The van der Waals surface area contributed by atoms with Gasteiger partial charge in [-0.3, -0.25) is 4.79 Å². The Labute approximate surface area is 128 Å². The van der Waals surface area contributed by atoms with E-state index in [1.165, 1.54) is 11.3 Å². The van der Waals surface area contributed by atoms with Crippen molar-refractivity contribution in [2.24, 2.45) is 0 Å². The highest BCUT2D eigenvalue weighted by Crippen LogP contribution is 2.25. The van der Waals surface area contributed by atoms with Gasteiger partial charge in [0.05, 0.1) is 6.20 Å². The molecule has 3 rings (SSSR count). The second-order valence-corrected chi connectivity index (χ2v) is 5.47. The van der Waals surface area contributed by atoms with Gasteiger partial charge in [0.1, 0.15) is 9.88 Å². The van der Waals surface area contributed by atoms with Crippen LogP contribution >= 0.6 is 23.7 Å². The maximum absolute atomic E-state index is 12.3. The third kappa shape index (κ3) is 3.17. The average molecular weight is 310 g/mol. The molecule has 0 spiro atoms. The molecule has 1 N–H and O–H groups in total. The zero-order valence-corrected chi connectivity index (χ0v) is 12.5. The van der Waals surface area contributed by atoms with Crippen LogP contribution in [0.4, 0.5) is 0 Å². The van der Waals surface area contributed by atoms with Gasteiger partial charge in [-0.05, 0) is 0 Å². The Morgan fingerprint density at radius 1 is 1.20 bits per heavy atom. The molecular formula is C14H16ClN3OS. The minimum atomic E-state index is 0. The summed E-state index contributed by atoms with van der Waals surface area (Å²) in [7, 11) is 0. The van der Waals surface area contributed by atoms with Gasteiger partial charge in [0.15, 0.2) is 0 Å². The van der Waals surface area contributed by atoms with Crippen molar-refractivity contribution in [2.75, 3.05) is 26.2 Å². The summed E-state index contributed by atoms with van der Waals surface area (Å²) in [6, 6.07) is 9.96. The summed E-state index contributed by atoms with van der Waals surface area (Å²) >= 11 is 1.47. The summed E-state index contributed by atoms with van der Waals surface area (Å²) in [5.41, 5.74) is 1.06. The highest BCUT2D eigenvalue weighted by atomic mass is 35.5.